The number of fused-ring (bicyclic) bond motifs is 1. The number of rotatable bonds is 6. The van der Waals surface area contributed by atoms with Crippen molar-refractivity contribution in [3.05, 3.63) is 90.0 Å². The Balaban J connectivity index is 1.36. The average molecular weight is 410 g/mol. The number of aryl methyl sites for hydroxylation is 1. The van der Waals surface area contributed by atoms with Crippen LogP contribution in [0.3, 0.4) is 0 Å². The van der Waals surface area contributed by atoms with Crippen molar-refractivity contribution in [2.45, 2.75) is 26.4 Å². The lowest BCUT2D eigenvalue weighted by atomic mass is 10.00. The van der Waals surface area contributed by atoms with Crippen LogP contribution in [0.25, 0.3) is 33.5 Å². The van der Waals surface area contributed by atoms with Gasteiger partial charge in [0, 0.05) is 11.6 Å². The molecule has 0 amide bonds. The summed E-state index contributed by atoms with van der Waals surface area (Å²) in [4.78, 5) is 0. The Morgan fingerprint density at radius 3 is 2.55 bits per heavy atom. The predicted octanol–water partition coefficient (Wildman–Crippen LogP) is 5.70. The van der Waals surface area contributed by atoms with Crippen LogP contribution in [0, 0.1) is 6.92 Å². The molecule has 0 bridgehead atoms. The first-order valence-corrected chi connectivity index (χ1v) is 10.3. The maximum absolute atomic E-state index is 5.96. The maximum atomic E-state index is 5.96. The van der Waals surface area contributed by atoms with Crippen LogP contribution in [0.15, 0.2) is 81.7 Å². The van der Waals surface area contributed by atoms with E-state index in [2.05, 4.69) is 70.1 Å². The standard InChI is InChI=1S/C25H22N4O2/c1-16(20-14-8-12-18-9-6-7-13-21(18)20)26-15-22-27-28-25(30-22)23-17(2)31-29-24(23)19-10-4-3-5-11-19/h3-14,16,26H,15H2,1-2H3/t16-/m1/s1. The van der Waals surface area contributed by atoms with Crippen LogP contribution in [-0.4, -0.2) is 15.4 Å². The quantitative estimate of drug-likeness (QED) is 0.387. The van der Waals surface area contributed by atoms with E-state index in [1.54, 1.807) is 0 Å². The lowest BCUT2D eigenvalue weighted by Gasteiger charge is -2.15. The van der Waals surface area contributed by atoms with Gasteiger partial charge in [-0.15, -0.1) is 10.2 Å². The van der Waals surface area contributed by atoms with Crippen molar-refractivity contribution in [1.82, 2.24) is 20.7 Å². The molecule has 2 aromatic heterocycles. The van der Waals surface area contributed by atoms with Gasteiger partial charge in [-0.25, -0.2) is 0 Å². The topological polar surface area (TPSA) is 77.0 Å². The van der Waals surface area contributed by atoms with Crippen LogP contribution < -0.4 is 5.32 Å². The van der Waals surface area contributed by atoms with Gasteiger partial charge in [0.1, 0.15) is 17.0 Å². The van der Waals surface area contributed by atoms with Crippen molar-refractivity contribution in [3.63, 3.8) is 0 Å². The third-order valence-corrected chi connectivity index (χ3v) is 5.44. The second-order valence-corrected chi connectivity index (χ2v) is 7.50. The summed E-state index contributed by atoms with van der Waals surface area (Å²) < 4.78 is 11.4. The molecular weight excluding hydrogens is 388 g/mol. The Labute approximate surface area is 179 Å². The molecule has 0 unspecified atom stereocenters. The molecule has 1 N–H and O–H groups in total. The van der Waals surface area contributed by atoms with E-state index >= 15 is 0 Å². The van der Waals surface area contributed by atoms with Crippen LogP contribution in [0.5, 0.6) is 0 Å². The molecule has 0 aliphatic carbocycles. The van der Waals surface area contributed by atoms with Gasteiger partial charge < -0.3 is 14.3 Å². The predicted molar refractivity (Wildman–Crippen MR) is 119 cm³/mol. The first-order chi connectivity index (χ1) is 15.2. The van der Waals surface area contributed by atoms with Crippen LogP contribution in [-0.2, 0) is 6.54 Å². The summed E-state index contributed by atoms with van der Waals surface area (Å²) in [6.45, 7) is 4.44. The summed E-state index contributed by atoms with van der Waals surface area (Å²) in [5, 5.41) is 18.6. The minimum Gasteiger partial charge on any atom is -0.419 e. The molecule has 2 heterocycles. The maximum Gasteiger partial charge on any atom is 0.253 e. The highest BCUT2D eigenvalue weighted by Crippen LogP contribution is 2.33. The second-order valence-electron chi connectivity index (χ2n) is 7.50. The highest BCUT2D eigenvalue weighted by molar-refractivity contribution is 5.86. The van der Waals surface area contributed by atoms with Gasteiger partial charge in [-0.1, -0.05) is 78.0 Å². The fourth-order valence-electron chi connectivity index (χ4n) is 3.82. The first kappa shape index (κ1) is 19.2. The van der Waals surface area contributed by atoms with Gasteiger partial charge in [0.25, 0.3) is 5.89 Å². The van der Waals surface area contributed by atoms with E-state index in [0.717, 1.165) is 11.1 Å². The van der Waals surface area contributed by atoms with E-state index in [9.17, 15) is 0 Å². The molecule has 0 radical (unpaired) electrons. The van der Waals surface area contributed by atoms with Gasteiger partial charge in [-0.05, 0) is 30.2 Å². The minimum absolute atomic E-state index is 0.124. The van der Waals surface area contributed by atoms with Crippen LogP contribution in [0.1, 0.15) is 30.2 Å². The van der Waals surface area contributed by atoms with E-state index in [0.29, 0.717) is 29.8 Å². The van der Waals surface area contributed by atoms with Crippen molar-refractivity contribution >= 4 is 10.8 Å². The van der Waals surface area contributed by atoms with E-state index in [1.807, 2.05) is 37.3 Å². The van der Waals surface area contributed by atoms with Crippen molar-refractivity contribution in [2.24, 2.45) is 0 Å². The fraction of sp³-hybridized carbons (Fsp3) is 0.160. The molecule has 0 saturated heterocycles. The Hall–Kier alpha value is -3.77. The molecule has 1 atom stereocenters. The zero-order valence-corrected chi connectivity index (χ0v) is 17.4. The Bertz CT molecular complexity index is 1320. The molecule has 6 nitrogen and oxygen atoms in total. The van der Waals surface area contributed by atoms with Gasteiger partial charge in [-0.2, -0.15) is 0 Å². The Morgan fingerprint density at radius 1 is 0.903 bits per heavy atom. The molecule has 31 heavy (non-hydrogen) atoms. The lowest BCUT2D eigenvalue weighted by Crippen LogP contribution is -2.18. The van der Waals surface area contributed by atoms with E-state index in [-0.39, 0.29) is 6.04 Å². The summed E-state index contributed by atoms with van der Waals surface area (Å²) in [5.74, 6) is 1.57. The monoisotopic (exact) mass is 410 g/mol. The number of benzene rings is 3. The van der Waals surface area contributed by atoms with Crippen molar-refractivity contribution in [2.75, 3.05) is 0 Å². The van der Waals surface area contributed by atoms with Crippen molar-refractivity contribution < 1.29 is 8.94 Å². The highest BCUT2D eigenvalue weighted by atomic mass is 16.5. The number of hydrogen-bond acceptors (Lipinski definition) is 6. The molecule has 154 valence electrons. The average Bonchev–Trinajstić information content (AvgIpc) is 3.44. The van der Waals surface area contributed by atoms with E-state index in [4.69, 9.17) is 8.94 Å². The second kappa shape index (κ2) is 8.16. The smallest absolute Gasteiger partial charge is 0.253 e. The molecule has 5 aromatic rings. The molecule has 5 rings (SSSR count). The Kier molecular flexibility index (Phi) is 5.06. The molecule has 3 aromatic carbocycles. The number of aromatic nitrogens is 3. The van der Waals surface area contributed by atoms with Crippen LogP contribution >= 0.6 is 0 Å². The molecular formula is C25H22N4O2. The van der Waals surface area contributed by atoms with E-state index in [1.165, 1.54) is 16.3 Å². The third-order valence-electron chi connectivity index (χ3n) is 5.44. The SMILES string of the molecule is Cc1onc(-c2ccccc2)c1-c1nnc(CN[C@H](C)c2cccc3ccccc23)o1. The first-order valence-electron chi connectivity index (χ1n) is 10.3. The van der Waals surface area contributed by atoms with Gasteiger partial charge in [-0.3, -0.25) is 0 Å². The van der Waals surface area contributed by atoms with Crippen LogP contribution in [0.2, 0.25) is 0 Å². The summed E-state index contributed by atoms with van der Waals surface area (Å²) in [7, 11) is 0. The zero-order chi connectivity index (χ0) is 21.2. The molecule has 0 aliphatic heterocycles. The van der Waals surface area contributed by atoms with Crippen molar-refractivity contribution in [1.29, 1.82) is 0 Å². The van der Waals surface area contributed by atoms with Gasteiger partial charge in [0.05, 0.1) is 6.54 Å². The zero-order valence-electron chi connectivity index (χ0n) is 17.4. The third kappa shape index (κ3) is 3.73. The summed E-state index contributed by atoms with van der Waals surface area (Å²) in [5.41, 5.74) is 3.60. The Morgan fingerprint density at radius 2 is 1.68 bits per heavy atom. The summed E-state index contributed by atoms with van der Waals surface area (Å²) in [6, 6.07) is 24.7. The largest absolute Gasteiger partial charge is 0.419 e. The fourth-order valence-corrected chi connectivity index (χ4v) is 3.82. The molecule has 0 saturated carbocycles. The van der Waals surface area contributed by atoms with Crippen LogP contribution in [0.4, 0.5) is 0 Å². The molecule has 0 fully saturated rings. The molecule has 6 heteroatoms. The van der Waals surface area contributed by atoms with Gasteiger partial charge in [0.15, 0.2) is 0 Å². The van der Waals surface area contributed by atoms with Gasteiger partial charge >= 0.3 is 0 Å². The number of hydrogen-bond donors (Lipinski definition) is 1. The van der Waals surface area contributed by atoms with Crippen molar-refractivity contribution in [3.8, 4) is 22.7 Å². The number of nitrogens with zero attached hydrogens (tertiary/aromatic N) is 3. The number of nitrogens with one attached hydrogen (secondary N) is 1. The molecule has 0 spiro atoms. The highest BCUT2D eigenvalue weighted by Gasteiger charge is 2.22. The summed E-state index contributed by atoms with van der Waals surface area (Å²) in [6.07, 6.45) is 0. The van der Waals surface area contributed by atoms with E-state index < -0.39 is 0 Å². The lowest BCUT2D eigenvalue weighted by molar-refractivity contribution is 0.399. The van der Waals surface area contributed by atoms with Gasteiger partial charge in [0.2, 0.25) is 5.89 Å². The molecule has 0 aliphatic rings. The summed E-state index contributed by atoms with van der Waals surface area (Å²) >= 11 is 0. The minimum atomic E-state index is 0.124. The normalized spacial score (nSPS) is 12.3.